The van der Waals surface area contributed by atoms with Crippen LogP contribution in [-0.2, 0) is 11.2 Å². The lowest BCUT2D eigenvalue weighted by atomic mass is 10.0. The summed E-state index contributed by atoms with van der Waals surface area (Å²) in [5.74, 6) is -0.286. The maximum Gasteiger partial charge on any atom is 0.146 e. The Kier molecular flexibility index (Phi) is 4.48. The van der Waals surface area contributed by atoms with Crippen molar-refractivity contribution >= 4 is 24.0 Å². The Balaban J connectivity index is 2.23. The van der Waals surface area contributed by atoms with Gasteiger partial charge in [0.05, 0.1) is 0 Å². The summed E-state index contributed by atoms with van der Waals surface area (Å²) in [6, 6.07) is 13.4. The number of rotatable bonds is 4. The standard InChI is InChI=1S/C16H12ClFO/c17-16-4-2-1-3-14(16)10-13(11-19)9-12-5-7-15(18)8-6-12/h1-8,10-11H,9H2/b13-10+. The van der Waals surface area contributed by atoms with Crippen molar-refractivity contribution in [1.29, 1.82) is 0 Å². The lowest BCUT2D eigenvalue weighted by Gasteiger charge is -2.03. The maximum atomic E-state index is 12.8. The van der Waals surface area contributed by atoms with Gasteiger partial charge >= 0.3 is 0 Å². The second-order valence-electron chi connectivity index (χ2n) is 4.16. The number of benzene rings is 2. The zero-order valence-corrected chi connectivity index (χ0v) is 10.9. The van der Waals surface area contributed by atoms with Crippen molar-refractivity contribution in [3.63, 3.8) is 0 Å². The van der Waals surface area contributed by atoms with Gasteiger partial charge in [0.2, 0.25) is 0 Å². The highest BCUT2D eigenvalue weighted by Crippen LogP contribution is 2.19. The Morgan fingerprint density at radius 3 is 2.42 bits per heavy atom. The van der Waals surface area contributed by atoms with Crippen molar-refractivity contribution < 1.29 is 9.18 Å². The van der Waals surface area contributed by atoms with Gasteiger partial charge in [-0.05, 0) is 41.0 Å². The molecule has 0 heterocycles. The lowest BCUT2D eigenvalue weighted by Crippen LogP contribution is -1.92. The van der Waals surface area contributed by atoms with E-state index in [4.69, 9.17) is 11.6 Å². The van der Waals surface area contributed by atoms with Gasteiger partial charge in [-0.3, -0.25) is 4.79 Å². The summed E-state index contributed by atoms with van der Waals surface area (Å²) in [6.07, 6.45) is 3.00. The fourth-order valence-electron chi connectivity index (χ4n) is 1.76. The van der Waals surface area contributed by atoms with Crippen molar-refractivity contribution in [2.75, 3.05) is 0 Å². The number of aldehydes is 1. The third kappa shape index (κ3) is 3.76. The highest BCUT2D eigenvalue weighted by Gasteiger charge is 2.02. The van der Waals surface area contributed by atoms with Crippen LogP contribution >= 0.6 is 11.6 Å². The largest absolute Gasteiger partial charge is 0.298 e. The molecular weight excluding hydrogens is 263 g/mol. The van der Waals surface area contributed by atoms with Crippen LogP contribution in [0.25, 0.3) is 6.08 Å². The molecule has 0 saturated carbocycles. The van der Waals surface area contributed by atoms with E-state index < -0.39 is 0 Å². The normalized spacial score (nSPS) is 11.4. The second-order valence-corrected chi connectivity index (χ2v) is 4.57. The quantitative estimate of drug-likeness (QED) is 0.600. The minimum atomic E-state index is -0.286. The van der Waals surface area contributed by atoms with E-state index in [0.717, 1.165) is 17.4 Å². The first kappa shape index (κ1) is 13.5. The molecule has 0 spiro atoms. The van der Waals surface area contributed by atoms with Gasteiger partial charge in [0.1, 0.15) is 12.1 Å². The molecule has 0 N–H and O–H groups in total. The topological polar surface area (TPSA) is 17.1 Å². The number of hydrogen-bond acceptors (Lipinski definition) is 1. The molecular formula is C16H12ClFO. The summed E-state index contributed by atoms with van der Waals surface area (Å²) in [4.78, 5) is 11.1. The molecule has 0 aliphatic carbocycles. The molecule has 0 radical (unpaired) electrons. The summed E-state index contributed by atoms with van der Waals surface area (Å²) in [6.45, 7) is 0. The third-order valence-electron chi connectivity index (χ3n) is 2.72. The van der Waals surface area contributed by atoms with Crippen LogP contribution in [-0.4, -0.2) is 6.29 Å². The van der Waals surface area contributed by atoms with Crippen LogP contribution in [0.5, 0.6) is 0 Å². The molecule has 0 bridgehead atoms. The second kappa shape index (κ2) is 6.30. The van der Waals surface area contributed by atoms with E-state index in [9.17, 15) is 9.18 Å². The van der Waals surface area contributed by atoms with Crippen molar-refractivity contribution in [3.8, 4) is 0 Å². The van der Waals surface area contributed by atoms with Gasteiger partial charge in [-0.1, -0.05) is 41.9 Å². The monoisotopic (exact) mass is 274 g/mol. The number of allylic oxidation sites excluding steroid dienone is 1. The summed E-state index contributed by atoms with van der Waals surface area (Å²) in [5, 5.41) is 0.598. The first-order chi connectivity index (χ1) is 9.19. The number of hydrogen-bond donors (Lipinski definition) is 0. The van der Waals surface area contributed by atoms with E-state index in [-0.39, 0.29) is 5.82 Å². The van der Waals surface area contributed by atoms with E-state index in [1.807, 2.05) is 18.2 Å². The van der Waals surface area contributed by atoms with E-state index in [1.165, 1.54) is 12.1 Å². The molecule has 0 saturated heterocycles. The van der Waals surface area contributed by atoms with Gasteiger partial charge < -0.3 is 0 Å². The Bertz CT molecular complexity index is 602. The molecule has 2 aromatic rings. The lowest BCUT2D eigenvalue weighted by molar-refractivity contribution is -0.104. The third-order valence-corrected chi connectivity index (χ3v) is 3.06. The van der Waals surface area contributed by atoms with Gasteiger partial charge in [-0.25, -0.2) is 4.39 Å². The molecule has 0 unspecified atom stereocenters. The smallest absolute Gasteiger partial charge is 0.146 e. The van der Waals surface area contributed by atoms with E-state index in [1.54, 1.807) is 24.3 Å². The van der Waals surface area contributed by atoms with Crippen LogP contribution in [0.1, 0.15) is 11.1 Å². The maximum absolute atomic E-state index is 12.8. The first-order valence-corrected chi connectivity index (χ1v) is 6.21. The molecule has 0 fully saturated rings. The van der Waals surface area contributed by atoms with Crippen molar-refractivity contribution in [3.05, 3.63) is 76.1 Å². The first-order valence-electron chi connectivity index (χ1n) is 5.84. The molecule has 96 valence electrons. The molecule has 2 rings (SSSR count). The van der Waals surface area contributed by atoms with Gasteiger partial charge in [0.15, 0.2) is 0 Å². The molecule has 0 atom stereocenters. The number of halogens is 2. The number of carbonyl (C=O) groups excluding carboxylic acids is 1. The zero-order chi connectivity index (χ0) is 13.7. The Morgan fingerprint density at radius 1 is 1.11 bits per heavy atom. The Labute approximate surface area is 116 Å². The van der Waals surface area contributed by atoms with Gasteiger partial charge in [-0.2, -0.15) is 0 Å². The predicted molar refractivity (Wildman–Crippen MR) is 75.6 cm³/mol. The molecule has 1 nitrogen and oxygen atoms in total. The average Bonchev–Trinajstić information content (AvgIpc) is 2.43. The highest BCUT2D eigenvalue weighted by molar-refractivity contribution is 6.32. The van der Waals surface area contributed by atoms with E-state index in [2.05, 4.69) is 0 Å². The molecule has 19 heavy (non-hydrogen) atoms. The van der Waals surface area contributed by atoms with Crippen LogP contribution in [0.15, 0.2) is 54.1 Å². The summed E-state index contributed by atoms with van der Waals surface area (Å²) >= 11 is 6.04. The van der Waals surface area contributed by atoms with Crippen molar-refractivity contribution in [1.82, 2.24) is 0 Å². The fraction of sp³-hybridized carbons (Fsp3) is 0.0625. The van der Waals surface area contributed by atoms with Crippen LogP contribution < -0.4 is 0 Å². The molecule has 2 aromatic carbocycles. The number of carbonyl (C=O) groups is 1. The van der Waals surface area contributed by atoms with Crippen LogP contribution in [0.4, 0.5) is 4.39 Å². The Hall–Kier alpha value is -1.93. The van der Waals surface area contributed by atoms with E-state index >= 15 is 0 Å². The summed E-state index contributed by atoms with van der Waals surface area (Å²) < 4.78 is 12.8. The summed E-state index contributed by atoms with van der Waals surface area (Å²) in [5.41, 5.74) is 2.28. The molecule has 0 amide bonds. The molecule has 0 aliphatic heterocycles. The van der Waals surface area contributed by atoms with Crippen LogP contribution in [0.2, 0.25) is 5.02 Å². The average molecular weight is 275 g/mol. The van der Waals surface area contributed by atoms with E-state index in [0.29, 0.717) is 17.0 Å². The molecule has 0 aromatic heterocycles. The predicted octanol–water partition coefficient (Wildman–Crippen LogP) is 4.30. The minimum Gasteiger partial charge on any atom is -0.298 e. The van der Waals surface area contributed by atoms with Gasteiger partial charge in [-0.15, -0.1) is 0 Å². The molecule has 0 aliphatic rings. The SMILES string of the molecule is O=C/C(=C/c1ccccc1Cl)Cc1ccc(F)cc1. The van der Waals surface area contributed by atoms with Crippen molar-refractivity contribution in [2.24, 2.45) is 0 Å². The molecule has 3 heteroatoms. The fourth-order valence-corrected chi connectivity index (χ4v) is 1.95. The summed E-state index contributed by atoms with van der Waals surface area (Å²) in [7, 11) is 0. The highest BCUT2D eigenvalue weighted by atomic mass is 35.5. The Morgan fingerprint density at radius 2 is 1.79 bits per heavy atom. The van der Waals surface area contributed by atoms with Crippen LogP contribution in [0.3, 0.4) is 0 Å². The minimum absolute atomic E-state index is 0.286. The van der Waals surface area contributed by atoms with Gasteiger partial charge in [0.25, 0.3) is 0 Å². The van der Waals surface area contributed by atoms with Crippen LogP contribution in [0, 0.1) is 5.82 Å². The van der Waals surface area contributed by atoms with Gasteiger partial charge in [0, 0.05) is 11.4 Å². The van der Waals surface area contributed by atoms with Crippen molar-refractivity contribution in [2.45, 2.75) is 6.42 Å². The zero-order valence-electron chi connectivity index (χ0n) is 10.1.